The number of carbonyl (C=O) groups is 2. The van der Waals surface area contributed by atoms with Gasteiger partial charge in [0.1, 0.15) is 5.82 Å². The van der Waals surface area contributed by atoms with Crippen LogP contribution in [0.1, 0.15) is 22.3 Å². The van der Waals surface area contributed by atoms with Gasteiger partial charge in [-0.1, -0.05) is 60.1 Å². The molecule has 0 saturated carbocycles. The number of carbonyl (C=O) groups excluding carboxylic acids is 2. The molecule has 1 fully saturated rings. The SMILES string of the molecule is O=C1CC(NCc2ccc(NC(=O)c3cccc(-c4ccccc4)c3Cl)nc2)CN1. The lowest BCUT2D eigenvalue weighted by atomic mass is 10.0. The van der Waals surface area contributed by atoms with Gasteiger partial charge in [-0.3, -0.25) is 9.59 Å². The van der Waals surface area contributed by atoms with E-state index in [4.69, 9.17) is 11.6 Å². The number of benzene rings is 2. The molecule has 2 heterocycles. The first kappa shape index (κ1) is 20.1. The molecular formula is C23H21ClN4O2. The van der Waals surface area contributed by atoms with Crippen molar-refractivity contribution in [1.82, 2.24) is 15.6 Å². The van der Waals surface area contributed by atoms with Gasteiger partial charge in [-0.2, -0.15) is 0 Å². The third-order valence-electron chi connectivity index (χ3n) is 4.97. The predicted molar refractivity (Wildman–Crippen MR) is 117 cm³/mol. The Balaban J connectivity index is 1.41. The molecule has 30 heavy (non-hydrogen) atoms. The van der Waals surface area contributed by atoms with E-state index in [2.05, 4.69) is 20.9 Å². The largest absolute Gasteiger partial charge is 0.354 e. The van der Waals surface area contributed by atoms with E-state index in [9.17, 15) is 9.59 Å². The fraction of sp³-hybridized carbons (Fsp3) is 0.174. The molecule has 3 N–H and O–H groups in total. The van der Waals surface area contributed by atoms with Crippen LogP contribution >= 0.6 is 11.6 Å². The Morgan fingerprint density at radius 1 is 1.10 bits per heavy atom. The highest BCUT2D eigenvalue weighted by atomic mass is 35.5. The highest BCUT2D eigenvalue weighted by Gasteiger charge is 2.20. The van der Waals surface area contributed by atoms with Crippen LogP contribution in [0.2, 0.25) is 5.02 Å². The van der Waals surface area contributed by atoms with E-state index in [-0.39, 0.29) is 17.9 Å². The summed E-state index contributed by atoms with van der Waals surface area (Å²) in [5.74, 6) is 0.202. The van der Waals surface area contributed by atoms with Crippen molar-refractivity contribution in [1.29, 1.82) is 0 Å². The Labute approximate surface area is 179 Å². The summed E-state index contributed by atoms with van der Waals surface area (Å²) in [5.41, 5.74) is 3.12. The fourth-order valence-corrected chi connectivity index (χ4v) is 3.67. The molecule has 0 bridgehead atoms. The van der Waals surface area contributed by atoms with Crippen LogP contribution in [0.25, 0.3) is 11.1 Å². The average molecular weight is 421 g/mol. The van der Waals surface area contributed by atoms with Crippen LogP contribution in [0.3, 0.4) is 0 Å². The third-order valence-corrected chi connectivity index (χ3v) is 5.37. The Morgan fingerprint density at radius 2 is 1.93 bits per heavy atom. The van der Waals surface area contributed by atoms with Gasteiger partial charge in [0.2, 0.25) is 5.91 Å². The van der Waals surface area contributed by atoms with Crippen LogP contribution in [0.15, 0.2) is 66.9 Å². The highest BCUT2D eigenvalue weighted by molar-refractivity contribution is 6.37. The van der Waals surface area contributed by atoms with Gasteiger partial charge in [0.05, 0.1) is 10.6 Å². The standard InChI is InChI=1S/C23H21ClN4O2/c24-22-18(16-5-2-1-3-6-16)7-4-8-19(22)23(30)28-20-10-9-15(13-26-20)12-25-17-11-21(29)27-14-17/h1-10,13,17,25H,11-12,14H2,(H,27,29)(H,26,28,30). The second-order valence-corrected chi connectivity index (χ2v) is 7.50. The molecule has 2 amide bonds. The molecule has 6 nitrogen and oxygen atoms in total. The van der Waals surface area contributed by atoms with Crippen molar-refractivity contribution < 1.29 is 9.59 Å². The maximum atomic E-state index is 12.7. The molecule has 1 aliphatic rings. The summed E-state index contributed by atoms with van der Waals surface area (Å²) in [7, 11) is 0. The molecule has 1 saturated heterocycles. The zero-order valence-electron chi connectivity index (χ0n) is 16.2. The molecule has 2 aromatic carbocycles. The van der Waals surface area contributed by atoms with Crippen LogP contribution < -0.4 is 16.0 Å². The maximum Gasteiger partial charge on any atom is 0.258 e. The van der Waals surface area contributed by atoms with E-state index < -0.39 is 0 Å². The molecule has 1 atom stereocenters. The molecule has 152 valence electrons. The number of rotatable bonds is 6. The average Bonchev–Trinajstić information content (AvgIpc) is 3.19. The van der Waals surface area contributed by atoms with Gasteiger partial charge in [0.25, 0.3) is 5.91 Å². The maximum absolute atomic E-state index is 12.7. The summed E-state index contributed by atoms with van der Waals surface area (Å²) in [6, 6.07) is 18.9. The van der Waals surface area contributed by atoms with Gasteiger partial charge < -0.3 is 16.0 Å². The summed E-state index contributed by atoms with van der Waals surface area (Å²) in [4.78, 5) is 28.3. The monoisotopic (exact) mass is 420 g/mol. The molecule has 4 rings (SSSR count). The van der Waals surface area contributed by atoms with Crippen molar-refractivity contribution in [3.8, 4) is 11.1 Å². The minimum absolute atomic E-state index is 0.0682. The van der Waals surface area contributed by atoms with Gasteiger partial charge in [0.15, 0.2) is 0 Å². The Kier molecular flexibility index (Phi) is 6.07. The molecule has 0 radical (unpaired) electrons. The molecule has 1 aliphatic heterocycles. The number of aromatic nitrogens is 1. The molecule has 1 unspecified atom stereocenters. The van der Waals surface area contributed by atoms with Crippen molar-refractivity contribution in [3.05, 3.63) is 83.0 Å². The van der Waals surface area contributed by atoms with Crippen molar-refractivity contribution in [2.45, 2.75) is 19.0 Å². The highest BCUT2D eigenvalue weighted by Crippen LogP contribution is 2.31. The zero-order valence-corrected chi connectivity index (χ0v) is 16.9. The smallest absolute Gasteiger partial charge is 0.258 e. The van der Waals surface area contributed by atoms with Gasteiger partial charge in [-0.25, -0.2) is 4.98 Å². The molecule has 3 aromatic rings. The first-order chi connectivity index (χ1) is 14.6. The topological polar surface area (TPSA) is 83.1 Å². The quantitative estimate of drug-likeness (QED) is 0.568. The van der Waals surface area contributed by atoms with Gasteiger partial charge >= 0.3 is 0 Å². The summed E-state index contributed by atoms with van der Waals surface area (Å²) in [6.07, 6.45) is 2.19. The van der Waals surface area contributed by atoms with E-state index in [1.807, 2.05) is 48.5 Å². The summed E-state index contributed by atoms with van der Waals surface area (Å²) < 4.78 is 0. The molecule has 0 spiro atoms. The Hall–Kier alpha value is -3.22. The number of hydrogen-bond acceptors (Lipinski definition) is 4. The molecule has 0 aliphatic carbocycles. The first-order valence-corrected chi connectivity index (χ1v) is 10.1. The van der Waals surface area contributed by atoms with Crippen molar-refractivity contribution in [2.24, 2.45) is 0 Å². The molecule has 7 heteroatoms. The van der Waals surface area contributed by atoms with E-state index in [0.717, 1.165) is 16.7 Å². The van der Waals surface area contributed by atoms with E-state index in [1.165, 1.54) is 0 Å². The van der Waals surface area contributed by atoms with Crippen molar-refractivity contribution in [3.63, 3.8) is 0 Å². The molecular weight excluding hydrogens is 400 g/mol. The summed E-state index contributed by atoms with van der Waals surface area (Å²) in [6.45, 7) is 1.25. The summed E-state index contributed by atoms with van der Waals surface area (Å²) in [5, 5.41) is 9.31. The number of nitrogens with one attached hydrogen (secondary N) is 3. The number of nitrogens with zero attached hydrogens (tertiary/aromatic N) is 1. The number of pyridine rings is 1. The lowest BCUT2D eigenvalue weighted by Gasteiger charge is -2.12. The fourth-order valence-electron chi connectivity index (χ4n) is 3.35. The van der Waals surface area contributed by atoms with Gasteiger partial charge in [0, 0.05) is 37.3 Å². The molecule has 1 aromatic heterocycles. The van der Waals surface area contributed by atoms with Crippen LogP contribution in [0.5, 0.6) is 0 Å². The second kappa shape index (κ2) is 9.07. The third kappa shape index (κ3) is 4.67. The van der Waals surface area contributed by atoms with Crippen LogP contribution in [0, 0.1) is 0 Å². The number of anilines is 1. The van der Waals surface area contributed by atoms with Gasteiger partial charge in [-0.05, 0) is 23.3 Å². The minimum atomic E-state index is -0.313. The van der Waals surface area contributed by atoms with Crippen LogP contribution in [-0.4, -0.2) is 29.4 Å². The lowest BCUT2D eigenvalue weighted by molar-refractivity contribution is -0.119. The normalized spacial score (nSPS) is 15.6. The minimum Gasteiger partial charge on any atom is -0.354 e. The lowest BCUT2D eigenvalue weighted by Crippen LogP contribution is -2.30. The Bertz CT molecular complexity index is 1050. The van der Waals surface area contributed by atoms with E-state index >= 15 is 0 Å². The van der Waals surface area contributed by atoms with E-state index in [1.54, 1.807) is 18.3 Å². The van der Waals surface area contributed by atoms with Gasteiger partial charge in [-0.15, -0.1) is 0 Å². The van der Waals surface area contributed by atoms with Crippen molar-refractivity contribution >= 4 is 29.2 Å². The predicted octanol–water partition coefficient (Wildman–Crippen LogP) is 3.63. The Morgan fingerprint density at radius 3 is 2.63 bits per heavy atom. The van der Waals surface area contributed by atoms with Crippen molar-refractivity contribution in [2.75, 3.05) is 11.9 Å². The second-order valence-electron chi connectivity index (χ2n) is 7.12. The first-order valence-electron chi connectivity index (χ1n) is 9.70. The number of amides is 2. The summed E-state index contributed by atoms with van der Waals surface area (Å²) >= 11 is 6.52. The number of halogens is 1. The zero-order chi connectivity index (χ0) is 20.9. The van der Waals surface area contributed by atoms with E-state index in [0.29, 0.717) is 35.9 Å². The van der Waals surface area contributed by atoms with Crippen LogP contribution in [-0.2, 0) is 11.3 Å². The number of hydrogen-bond donors (Lipinski definition) is 3. The van der Waals surface area contributed by atoms with Crippen LogP contribution in [0.4, 0.5) is 5.82 Å².